The lowest BCUT2D eigenvalue weighted by Gasteiger charge is -1.98. The molecule has 0 unspecified atom stereocenters. The molecule has 8 heteroatoms. The Morgan fingerprint density at radius 2 is 1.76 bits per heavy atom. The minimum Gasteiger partial charge on any atom is -0.288 e. The molecule has 7 nitrogen and oxygen atoms in total. The first-order chi connectivity index (χ1) is 9.98. The molecule has 0 atom stereocenters. The van der Waals surface area contributed by atoms with Gasteiger partial charge in [-0.25, -0.2) is 14.1 Å². The highest BCUT2D eigenvalue weighted by Gasteiger charge is 2.22. The molecule has 21 heavy (non-hydrogen) atoms. The number of benzene rings is 1. The molecule has 0 saturated carbocycles. The molecule has 0 aliphatic carbocycles. The number of carbonyl (C=O) groups excluding carboxylic acids is 1. The molecule has 2 heterocycles. The first-order valence-corrected chi connectivity index (χ1v) is 7.44. The zero-order valence-electron chi connectivity index (χ0n) is 10.7. The molecule has 0 spiro atoms. The van der Waals surface area contributed by atoms with Crippen LogP contribution in [0, 0.1) is 0 Å². The first kappa shape index (κ1) is 13.4. The summed E-state index contributed by atoms with van der Waals surface area (Å²) in [6.45, 7) is 0. The number of ketones is 1. The molecular weight excluding hydrogens is 292 g/mol. The Hall–Kier alpha value is -2.58. The lowest BCUT2D eigenvalue weighted by molar-refractivity contribution is 0.104. The molecule has 0 fully saturated rings. The van der Waals surface area contributed by atoms with E-state index in [1.54, 1.807) is 30.3 Å². The van der Waals surface area contributed by atoms with Crippen LogP contribution in [0.1, 0.15) is 15.9 Å². The Kier molecular flexibility index (Phi) is 3.04. The Morgan fingerprint density at radius 3 is 2.43 bits per heavy atom. The van der Waals surface area contributed by atoms with Crippen molar-refractivity contribution in [3.8, 4) is 0 Å². The SMILES string of the molecule is NS(=O)(=O)n1cc(C(=O)c2ccccc2)c2nccnc21. The van der Waals surface area contributed by atoms with Crippen molar-refractivity contribution in [2.75, 3.05) is 0 Å². The highest BCUT2D eigenvalue weighted by atomic mass is 32.2. The molecule has 3 aromatic rings. The fraction of sp³-hybridized carbons (Fsp3) is 0. The molecule has 0 radical (unpaired) electrons. The topological polar surface area (TPSA) is 108 Å². The van der Waals surface area contributed by atoms with Crippen LogP contribution >= 0.6 is 0 Å². The minimum absolute atomic E-state index is 0.0271. The zero-order valence-corrected chi connectivity index (χ0v) is 11.5. The van der Waals surface area contributed by atoms with Crippen molar-refractivity contribution in [3.63, 3.8) is 0 Å². The van der Waals surface area contributed by atoms with E-state index in [1.165, 1.54) is 12.4 Å². The number of aromatic nitrogens is 3. The number of fused-ring (bicyclic) bond motifs is 1. The average molecular weight is 302 g/mol. The van der Waals surface area contributed by atoms with Gasteiger partial charge in [-0.3, -0.25) is 9.78 Å². The van der Waals surface area contributed by atoms with E-state index in [1.807, 2.05) is 0 Å². The van der Waals surface area contributed by atoms with Crippen LogP contribution < -0.4 is 5.14 Å². The van der Waals surface area contributed by atoms with Crippen LogP contribution in [-0.4, -0.2) is 28.1 Å². The fourth-order valence-corrected chi connectivity index (χ4v) is 2.65. The normalized spacial score (nSPS) is 11.7. The molecule has 1 aromatic carbocycles. The van der Waals surface area contributed by atoms with Crippen LogP contribution in [0.15, 0.2) is 48.9 Å². The van der Waals surface area contributed by atoms with Gasteiger partial charge in [0.15, 0.2) is 11.4 Å². The quantitative estimate of drug-likeness (QED) is 0.717. The maximum atomic E-state index is 12.5. The van der Waals surface area contributed by atoms with Gasteiger partial charge >= 0.3 is 10.2 Å². The van der Waals surface area contributed by atoms with Gasteiger partial charge in [0.05, 0.1) is 5.56 Å². The monoisotopic (exact) mass is 302 g/mol. The third kappa shape index (κ3) is 2.30. The summed E-state index contributed by atoms with van der Waals surface area (Å²) in [6, 6.07) is 8.50. The first-order valence-electron chi connectivity index (χ1n) is 5.93. The van der Waals surface area contributed by atoms with E-state index >= 15 is 0 Å². The minimum atomic E-state index is -4.06. The molecule has 0 aliphatic rings. The number of hydrogen-bond acceptors (Lipinski definition) is 5. The van der Waals surface area contributed by atoms with Gasteiger partial charge in [-0.05, 0) is 0 Å². The fourth-order valence-electron chi connectivity index (χ4n) is 2.03. The summed E-state index contributed by atoms with van der Waals surface area (Å²) in [7, 11) is -4.06. The molecule has 0 amide bonds. The van der Waals surface area contributed by atoms with E-state index < -0.39 is 10.2 Å². The zero-order chi connectivity index (χ0) is 15.0. The van der Waals surface area contributed by atoms with E-state index in [4.69, 9.17) is 5.14 Å². The lowest BCUT2D eigenvalue weighted by atomic mass is 10.1. The summed E-state index contributed by atoms with van der Waals surface area (Å²) in [5, 5.41) is 5.13. The Balaban J connectivity index is 2.27. The maximum absolute atomic E-state index is 12.5. The van der Waals surface area contributed by atoms with Gasteiger partial charge in [-0.2, -0.15) is 8.42 Å². The molecule has 2 aromatic heterocycles. The number of nitrogens with zero attached hydrogens (tertiary/aromatic N) is 3. The van der Waals surface area contributed by atoms with Gasteiger partial charge < -0.3 is 0 Å². The third-order valence-corrected chi connectivity index (χ3v) is 3.77. The summed E-state index contributed by atoms with van der Waals surface area (Å²) in [6.07, 6.45) is 3.87. The van der Waals surface area contributed by atoms with Gasteiger partial charge in [0, 0.05) is 24.2 Å². The van der Waals surface area contributed by atoms with Gasteiger partial charge in [-0.1, -0.05) is 30.3 Å². The molecular formula is C13H10N4O3S. The van der Waals surface area contributed by atoms with Crippen molar-refractivity contribution in [2.24, 2.45) is 5.14 Å². The largest absolute Gasteiger partial charge is 0.304 e. The van der Waals surface area contributed by atoms with Gasteiger partial charge in [0.2, 0.25) is 0 Å². The third-order valence-electron chi connectivity index (χ3n) is 2.94. The van der Waals surface area contributed by atoms with Crippen molar-refractivity contribution < 1.29 is 13.2 Å². The van der Waals surface area contributed by atoms with E-state index in [0.29, 0.717) is 5.56 Å². The number of hydrogen-bond donors (Lipinski definition) is 1. The van der Waals surface area contributed by atoms with E-state index in [0.717, 1.165) is 10.2 Å². The molecule has 3 rings (SSSR count). The van der Waals surface area contributed by atoms with Crippen molar-refractivity contribution in [2.45, 2.75) is 0 Å². The van der Waals surface area contributed by atoms with Crippen LogP contribution in [0.2, 0.25) is 0 Å². The Bertz CT molecular complexity index is 932. The number of carbonyl (C=O) groups is 1. The van der Waals surface area contributed by atoms with E-state index in [9.17, 15) is 13.2 Å². The predicted octanol–water partition coefficient (Wildman–Crippen LogP) is 0.714. The molecule has 106 valence electrons. The van der Waals surface area contributed by atoms with E-state index in [-0.39, 0.29) is 22.5 Å². The summed E-state index contributed by atoms with van der Waals surface area (Å²) in [4.78, 5) is 20.5. The van der Waals surface area contributed by atoms with E-state index in [2.05, 4.69) is 9.97 Å². The number of nitrogens with two attached hydrogens (primary N) is 1. The summed E-state index contributed by atoms with van der Waals surface area (Å²) < 4.78 is 23.9. The van der Waals surface area contributed by atoms with Gasteiger partial charge in [-0.15, -0.1) is 0 Å². The lowest BCUT2D eigenvalue weighted by Crippen LogP contribution is -2.21. The van der Waals surface area contributed by atoms with Crippen LogP contribution in [0.5, 0.6) is 0 Å². The smallest absolute Gasteiger partial charge is 0.288 e. The molecule has 0 saturated heterocycles. The molecule has 0 aliphatic heterocycles. The highest BCUT2D eigenvalue weighted by Crippen LogP contribution is 2.21. The van der Waals surface area contributed by atoms with Crippen LogP contribution in [0.3, 0.4) is 0 Å². The van der Waals surface area contributed by atoms with Crippen LogP contribution in [0.25, 0.3) is 11.2 Å². The summed E-state index contributed by atoms with van der Waals surface area (Å²) in [5.41, 5.74) is 0.787. The summed E-state index contributed by atoms with van der Waals surface area (Å²) >= 11 is 0. The van der Waals surface area contributed by atoms with Crippen molar-refractivity contribution >= 4 is 27.2 Å². The highest BCUT2D eigenvalue weighted by molar-refractivity contribution is 7.87. The van der Waals surface area contributed by atoms with Gasteiger partial charge in [0.25, 0.3) is 0 Å². The number of rotatable bonds is 3. The molecule has 0 bridgehead atoms. The van der Waals surface area contributed by atoms with Crippen LogP contribution in [-0.2, 0) is 10.2 Å². The standard InChI is InChI=1S/C13H10N4O3S/c14-21(19,20)17-8-10(11-13(17)16-7-6-15-11)12(18)9-4-2-1-3-5-9/h1-8H,(H2,14,19,20). The second kappa shape index (κ2) is 4.76. The Morgan fingerprint density at radius 1 is 1.10 bits per heavy atom. The van der Waals surface area contributed by atoms with Crippen molar-refractivity contribution in [1.29, 1.82) is 0 Å². The average Bonchev–Trinajstić information content (AvgIpc) is 2.87. The second-order valence-electron chi connectivity index (χ2n) is 4.31. The predicted molar refractivity (Wildman–Crippen MR) is 75.9 cm³/mol. The second-order valence-corrected chi connectivity index (χ2v) is 5.73. The van der Waals surface area contributed by atoms with Crippen LogP contribution in [0.4, 0.5) is 0 Å². The summed E-state index contributed by atoms with van der Waals surface area (Å²) in [5.74, 6) is -0.344. The van der Waals surface area contributed by atoms with Gasteiger partial charge in [0.1, 0.15) is 5.52 Å². The molecule has 2 N–H and O–H groups in total. The van der Waals surface area contributed by atoms with Crippen molar-refractivity contribution in [3.05, 3.63) is 60.0 Å². The van der Waals surface area contributed by atoms with Crippen molar-refractivity contribution in [1.82, 2.24) is 13.9 Å². The Labute approximate surface area is 120 Å². The maximum Gasteiger partial charge on any atom is 0.304 e.